The molecule has 0 aromatic heterocycles. The summed E-state index contributed by atoms with van der Waals surface area (Å²) in [5.41, 5.74) is -1.16. The Morgan fingerprint density at radius 3 is 2.32 bits per heavy atom. The third-order valence-corrected chi connectivity index (χ3v) is 8.93. The number of carbonyl (C=O) groups is 3. The summed E-state index contributed by atoms with van der Waals surface area (Å²) >= 11 is 0. The maximum Gasteiger partial charge on any atom is 0.417 e. The lowest BCUT2D eigenvalue weighted by Crippen LogP contribution is -2.65. The number of alkyl halides is 3. The van der Waals surface area contributed by atoms with Crippen molar-refractivity contribution in [1.82, 2.24) is 9.80 Å². The molecule has 0 bridgehead atoms. The van der Waals surface area contributed by atoms with Gasteiger partial charge in [0.15, 0.2) is 11.4 Å². The number of amides is 1. The molecule has 0 spiro atoms. The van der Waals surface area contributed by atoms with Crippen LogP contribution in [0.4, 0.5) is 13.2 Å². The number of hydrogen-bond acceptors (Lipinski definition) is 9. The number of hydrogen-bond donors (Lipinski definition) is 5. The second-order valence-corrected chi connectivity index (χ2v) is 11.5. The summed E-state index contributed by atoms with van der Waals surface area (Å²) in [7, 11) is 2.89. The summed E-state index contributed by atoms with van der Waals surface area (Å²) in [5.74, 6) is -8.94. The summed E-state index contributed by atoms with van der Waals surface area (Å²) < 4.78 is 43.9. The number of halogens is 3. The average Bonchev–Trinajstić information content (AvgIpc) is 3.68. The fourth-order valence-corrected chi connectivity index (χ4v) is 7.02. The first-order valence-corrected chi connectivity index (χ1v) is 13.4. The van der Waals surface area contributed by atoms with Gasteiger partial charge in [-0.25, -0.2) is 0 Å². The topological polar surface area (TPSA) is 165 Å². The minimum Gasteiger partial charge on any atom is -0.508 e. The Balaban J connectivity index is 1.72. The Bertz CT molecular complexity index is 1430. The van der Waals surface area contributed by atoms with E-state index in [0.717, 1.165) is 18.9 Å². The molecule has 1 amide bonds. The standard InChI is InChI=1S/C28H32F3N3O7/c1-4-34(13-5-6-13)10-12-9-16(35)18-14(20(12)28(29,30)31)7-11-8-15-21(33(2)3)23(37)19(26(32)40)25(39)27(15,41)24(38)17(11)22(18)36/h9,11,13,15,21,35-36,39,41H,4-8,10H2,1-3H3,(H2,32,40)/t11-,15-,21-,27-/m0/s1. The lowest BCUT2D eigenvalue weighted by molar-refractivity contribution is -0.153. The van der Waals surface area contributed by atoms with Gasteiger partial charge in [-0.2, -0.15) is 13.2 Å². The maximum atomic E-state index is 14.6. The lowest BCUT2D eigenvalue weighted by atomic mass is 9.57. The van der Waals surface area contributed by atoms with Crippen LogP contribution in [0, 0.1) is 11.8 Å². The number of aliphatic hydroxyl groups is 3. The highest BCUT2D eigenvalue weighted by Crippen LogP contribution is 2.54. The number of likely N-dealkylation sites (N-methyl/N-ethyl adjacent to an activating group) is 1. The van der Waals surface area contributed by atoms with E-state index in [4.69, 9.17) is 5.73 Å². The molecule has 0 aliphatic heterocycles. The van der Waals surface area contributed by atoms with Gasteiger partial charge in [0.1, 0.15) is 22.8 Å². The highest BCUT2D eigenvalue weighted by molar-refractivity contribution is 6.24. The minimum absolute atomic E-state index is 0.0775. The normalized spacial score (nSPS) is 28.3. The Labute approximate surface area is 233 Å². The molecule has 4 atom stereocenters. The van der Waals surface area contributed by atoms with Crippen LogP contribution in [0.25, 0.3) is 5.76 Å². The predicted octanol–water partition coefficient (Wildman–Crippen LogP) is 1.97. The number of carbonyl (C=O) groups excluding carboxylic acids is 3. The zero-order valence-electron chi connectivity index (χ0n) is 22.7. The second-order valence-electron chi connectivity index (χ2n) is 11.5. The number of nitrogens with two attached hydrogens (primary N) is 1. The van der Waals surface area contributed by atoms with Crippen LogP contribution in [0.3, 0.4) is 0 Å². The Hall–Kier alpha value is -3.42. The molecule has 1 aromatic rings. The monoisotopic (exact) mass is 579 g/mol. The van der Waals surface area contributed by atoms with E-state index >= 15 is 0 Å². The molecule has 13 heteroatoms. The summed E-state index contributed by atoms with van der Waals surface area (Å²) in [6.07, 6.45) is -3.87. The number of benzene rings is 1. The van der Waals surface area contributed by atoms with Crippen molar-refractivity contribution in [3.63, 3.8) is 0 Å². The molecule has 0 heterocycles. The van der Waals surface area contributed by atoms with Crippen molar-refractivity contribution < 1.29 is 48.0 Å². The summed E-state index contributed by atoms with van der Waals surface area (Å²) in [6, 6.07) is -0.241. The van der Waals surface area contributed by atoms with E-state index < -0.39 is 93.1 Å². The number of primary amides is 1. The summed E-state index contributed by atoms with van der Waals surface area (Å²) in [6.45, 7) is 2.25. The number of phenolic OH excluding ortho intramolecular Hbond substituents is 1. The first-order chi connectivity index (χ1) is 19.0. The van der Waals surface area contributed by atoms with Gasteiger partial charge in [-0.1, -0.05) is 6.92 Å². The van der Waals surface area contributed by atoms with E-state index in [0.29, 0.717) is 6.54 Å². The van der Waals surface area contributed by atoms with E-state index in [1.165, 1.54) is 19.0 Å². The number of phenols is 1. The quantitative estimate of drug-likeness (QED) is 0.317. The van der Waals surface area contributed by atoms with Crippen LogP contribution in [-0.4, -0.2) is 86.0 Å². The van der Waals surface area contributed by atoms with Gasteiger partial charge >= 0.3 is 6.18 Å². The molecule has 10 nitrogen and oxygen atoms in total. The molecule has 222 valence electrons. The Kier molecular flexibility index (Phi) is 6.79. The van der Waals surface area contributed by atoms with Crippen molar-refractivity contribution in [3.8, 4) is 5.75 Å². The SMILES string of the molecule is CCN(Cc1cc(O)c2c(c1C(F)(F)F)C[C@H]1C[C@H]3[C@H](N(C)C)C(=O)C(C(N)=O)=C(O)[C@@]3(O)C(=O)C1=C2O)C1CC1. The van der Waals surface area contributed by atoms with Gasteiger partial charge in [0, 0.05) is 24.1 Å². The number of ketones is 2. The van der Waals surface area contributed by atoms with Gasteiger partial charge in [0.05, 0.1) is 17.2 Å². The highest BCUT2D eigenvalue weighted by atomic mass is 19.4. The van der Waals surface area contributed by atoms with Crippen LogP contribution in [0.1, 0.15) is 48.4 Å². The molecular formula is C28H32F3N3O7. The molecule has 2 saturated carbocycles. The fourth-order valence-electron chi connectivity index (χ4n) is 7.02. The van der Waals surface area contributed by atoms with E-state index in [9.17, 15) is 48.0 Å². The molecule has 5 rings (SSSR count). The third-order valence-electron chi connectivity index (χ3n) is 8.93. The molecule has 0 saturated heterocycles. The predicted molar refractivity (Wildman–Crippen MR) is 138 cm³/mol. The van der Waals surface area contributed by atoms with Gasteiger partial charge in [0.25, 0.3) is 5.91 Å². The van der Waals surface area contributed by atoms with Crippen molar-refractivity contribution in [2.75, 3.05) is 20.6 Å². The number of nitrogens with zero attached hydrogens (tertiary/aromatic N) is 2. The number of aromatic hydroxyl groups is 1. The average molecular weight is 580 g/mol. The zero-order chi connectivity index (χ0) is 30.3. The van der Waals surface area contributed by atoms with Crippen molar-refractivity contribution in [2.24, 2.45) is 17.6 Å². The van der Waals surface area contributed by atoms with E-state index in [-0.39, 0.29) is 30.1 Å². The van der Waals surface area contributed by atoms with Gasteiger partial charge in [-0.05, 0) is 69.4 Å². The first-order valence-electron chi connectivity index (χ1n) is 13.4. The smallest absolute Gasteiger partial charge is 0.417 e. The third kappa shape index (κ3) is 4.24. The molecule has 2 fully saturated rings. The first kappa shape index (κ1) is 29.1. The van der Waals surface area contributed by atoms with Gasteiger partial charge < -0.3 is 26.2 Å². The molecule has 1 aromatic carbocycles. The molecule has 0 unspecified atom stereocenters. The Morgan fingerprint density at radius 2 is 1.80 bits per heavy atom. The Morgan fingerprint density at radius 1 is 1.17 bits per heavy atom. The van der Waals surface area contributed by atoms with E-state index in [2.05, 4.69) is 0 Å². The van der Waals surface area contributed by atoms with Crippen molar-refractivity contribution in [3.05, 3.63) is 45.2 Å². The van der Waals surface area contributed by atoms with Crippen molar-refractivity contribution >= 4 is 23.2 Å². The van der Waals surface area contributed by atoms with Gasteiger partial charge in [-0.15, -0.1) is 0 Å². The van der Waals surface area contributed by atoms with Crippen molar-refractivity contribution in [2.45, 2.75) is 63.0 Å². The number of aliphatic hydroxyl groups excluding tert-OH is 2. The van der Waals surface area contributed by atoms with Crippen LogP contribution in [0.2, 0.25) is 0 Å². The van der Waals surface area contributed by atoms with Crippen LogP contribution in [0.5, 0.6) is 5.75 Å². The van der Waals surface area contributed by atoms with Crippen LogP contribution in [-0.2, 0) is 33.5 Å². The van der Waals surface area contributed by atoms with Gasteiger partial charge in [0.2, 0.25) is 5.78 Å². The van der Waals surface area contributed by atoms with Crippen LogP contribution < -0.4 is 5.73 Å². The van der Waals surface area contributed by atoms with Crippen LogP contribution in [0.15, 0.2) is 23.0 Å². The molecule has 41 heavy (non-hydrogen) atoms. The highest BCUT2D eigenvalue weighted by Gasteiger charge is 2.64. The van der Waals surface area contributed by atoms with Gasteiger partial charge in [-0.3, -0.25) is 24.2 Å². The fraction of sp³-hybridized carbons (Fsp3) is 0.536. The van der Waals surface area contributed by atoms with E-state index in [1.807, 2.05) is 11.8 Å². The molecule has 4 aliphatic rings. The van der Waals surface area contributed by atoms with Crippen LogP contribution >= 0.6 is 0 Å². The molecule has 6 N–H and O–H groups in total. The molecule has 4 aliphatic carbocycles. The molecular weight excluding hydrogens is 547 g/mol. The van der Waals surface area contributed by atoms with Crippen molar-refractivity contribution in [1.29, 1.82) is 0 Å². The summed E-state index contributed by atoms with van der Waals surface area (Å²) in [4.78, 5) is 42.3. The van der Waals surface area contributed by atoms with E-state index in [1.54, 1.807) is 0 Å². The zero-order valence-corrected chi connectivity index (χ0v) is 22.7. The maximum absolute atomic E-state index is 14.6. The number of rotatable bonds is 6. The number of fused-ring (bicyclic) bond motifs is 3. The lowest BCUT2D eigenvalue weighted by Gasteiger charge is -2.50. The molecule has 0 radical (unpaired) electrons. The second kappa shape index (κ2) is 9.57. The largest absolute Gasteiger partial charge is 0.508 e. The minimum atomic E-state index is -4.86. The number of Topliss-reactive ketones (excluding diaryl/α,β-unsaturated/α-hetero) is 2. The summed E-state index contributed by atoms with van der Waals surface area (Å²) in [5, 5.41) is 44.7.